The van der Waals surface area contributed by atoms with Gasteiger partial charge in [-0.15, -0.1) is 0 Å². The Morgan fingerprint density at radius 1 is 0.909 bits per heavy atom. The van der Waals surface area contributed by atoms with Gasteiger partial charge >= 0.3 is 6.18 Å². The Morgan fingerprint density at radius 3 is 2.02 bits per heavy atom. The summed E-state index contributed by atoms with van der Waals surface area (Å²) in [6.07, 6.45) is 6.49. The second-order valence-electron chi connectivity index (χ2n) is 11.0. The summed E-state index contributed by atoms with van der Waals surface area (Å²) < 4.78 is 76.0. The maximum absolute atomic E-state index is 14.6. The van der Waals surface area contributed by atoms with Gasteiger partial charge in [-0.05, 0) is 100 Å². The smallest absolute Gasteiger partial charge is 0.266 e. The second-order valence-corrected chi connectivity index (χ2v) is 11.0. The summed E-state index contributed by atoms with van der Waals surface area (Å²) in [4.78, 5) is 4.17. The van der Waals surface area contributed by atoms with Crippen molar-refractivity contribution in [3.8, 4) is 0 Å². The molecule has 0 bridgehead atoms. The van der Waals surface area contributed by atoms with Gasteiger partial charge < -0.3 is 0 Å². The number of alkyl halides is 3. The lowest BCUT2D eigenvalue weighted by Gasteiger charge is -2.22. The van der Waals surface area contributed by atoms with Crippen LogP contribution in [0.15, 0.2) is 65.3 Å². The number of allylic oxidation sites excluding steroid dienone is 4. The van der Waals surface area contributed by atoms with Crippen LogP contribution in [0.5, 0.6) is 0 Å². The standard InChI is InChI=1S/C25H31F3.C8H15N.C4H5F3/c1-6-8-10-21(23-15-20(26)13-12-19(23)9-7-2)17(4)18(5)22-14-11-16(3)24(27)25(22)28;1-4-6-8(3)9-7-5-2;1-3(2)4(5,6)7/h11-15,18H,6-10H2,1-5H3;5,7H,4,6H2,1-3H3;1H2,2H3/b21-17+;7-5-,9-8?;. The lowest BCUT2D eigenvalue weighted by molar-refractivity contribution is -0.0909. The van der Waals surface area contributed by atoms with Crippen molar-refractivity contribution >= 4 is 11.3 Å². The van der Waals surface area contributed by atoms with E-state index in [-0.39, 0.29) is 11.7 Å². The summed E-state index contributed by atoms with van der Waals surface area (Å²) in [5.74, 6) is -2.13. The van der Waals surface area contributed by atoms with Crippen LogP contribution in [0.4, 0.5) is 26.3 Å². The molecule has 0 aliphatic carbocycles. The molecule has 1 atom stereocenters. The largest absolute Gasteiger partial charge is 0.411 e. The van der Waals surface area contributed by atoms with Crippen molar-refractivity contribution in [1.82, 2.24) is 0 Å². The Morgan fingerprint density at radius 2 is 1.52 bits per heavy atom. The van der Waals surface area contributed by atoms with E-state index in [4.69, 9.17) is 0 Å². The van der Waals surface area contributed by atoms with Crippen LogP contribution < -0.4 is 0 Å². The zero-order valence-electron chi connectivity index (χ0n) is 28.0. The molecule has 44 heavy (non-hydrogen) atoms. The van der Waals surface area contributed by atoms with Crippen molar-refractivity contribution in [1.29, 1.82) is 0 Å². The van der Waals surface area contributed by atoms with Gasteiger partial charge in [0.15, 0.2) is 11.6 Å². The van der Waals surface area contributed by atoms with E-state index in [9.17, 15) is 26.3 Å². The molecule has 0 saturated heterocycles. The average molecular weight is 624 g/mol. The van der Waals surface area contributed by atoms with Crippen LogP contribution in [0.1, 0.15) is 122 Å². The number of nitrogens with zero attached hydrogens (tertiary/aromatic N) is 1. The van der Waals surface area contributed by atoms with Crippen LogP contribution in [0.2, 0.25) is 0 Å². The fraction of sp³-hybridized carbons (Fsp3) is 0.486. The van der Waals surface area contributed by atoms with E-state index in [0.29, 0.717) is 11.1 Å². The molecule has 0 heterocycles. The van der Waals surface area contributed by atoms with Crippen LogP contribution in [0.25, 0.3) is 5.57 Å². The number of aliphatic imine (C=N–C) groups is 1. The van der Waals surface area contributed by atoms with Gasteiger partial charge in [-0.1, -0.05) is 83.4 Å². The highest BCUT2D eigenvalue weighted by molar-refractivity contribution is 5.82. The maximum atomic E-state index is 14.6. The highest BCUT2D eigenvalue weighted by Crippen LogP contribution is 2.37. The molecule has 0 spiro atoms. The molecule has 2 rings (SSSR count). The van der Waals surface area contributed by atoms with Crippen molar-refractivity contribution in [3.63, 3.8) is 0 Å². The van der Waals surface area contributed by atoms with Gasteiger partial charge in [0.2, 0.25) is 0 Å². The molecule has 0 fully saturated rings. The van der Waals surface area contributed by atoms with Crippen LogP contribution in [-0.4, -0.2) is 11.9 Å². The van der Waals surface area contributed by atoms with Gasteiger partial charge in [0.25, 0.3) is 0 Å². The van der Waals surface area contributed by atoms with Crippen molar-refractivity contribution in [2.24, 2.45) is 4.99 Å². The van der Waals surface area contributed by atoms with E-state index in [2.05, 4.69) is 39.3 Å². The fourth-order valence-corrected chi connectivity index (χ4v) is 4.33. The number of benzene rings is 2. The first-order valence-corrected chi connectivity index (χ1v) is 15.4. The third-order valence-electron chi connectivity index (χ3n) is 7.13. The van der Waals surface area contributed by atoms with Crippen molar-refractivity contribution in [2.45, 2.75) is 119 Å². The topological polar surface area (TPSA) is 12.4 Å². The van der Waals surface area contributed by atoms with Gasteiger partial charge in [-0.25, -0.2) is 13.2 Å². The first-order valence-electron chi connectivity index (χ1n) is 15.4. The first kappa shape index (κ1) is 40.9. The van der Waals surface area contributed by atoms with Gasteiger partial charge in [-0.2, -0.15) is 13.2 Å². The van der Waals surface area contributed by atoms with E-state index in [1.54, 1.807) is 25.1 Å². The molecule has 0 aromatic heterocycles. The van der Waals surface area contributed by atoms with E-state index < -0.39 is 23.4 Å². The van der Waals surface area contributed by atoms with Crippen LogP contribution in [-0.2, 0) is 6.42 Å². The summed E-state index contributed by atoms with van der Waals surface area (Å²) in [7, 11) is 0. The van der Waals surface area contributed by atoms with Crippen LogP contribution >= 0.6 is 0 Å². The van der Waals surface area contributed by atoms with Crippen molar-refractivity contribution in [2.75, 3.05) is 0 Å². The molecule has 0 N–H and O–H groups in total. The van der Waals surface area contributed by atoms with E-state index in [1.165, 1.54) is 18.2 Å². The highest BCUT2D eigenvalue weighted by Gasteiger charge is 2.27. The van der Waals surface area contributed by atoms with Crippen LogP contribution in [0.3, 0.4) is 0 Å². The third kappa shape index (κ3) is 14.1. The van der Waals surface area contributed by atoms with E-state index in [1.807, 2.05) is 39.1 Å². The van der Waals surface area contributed by atoms with Gasteiger partial charge in [0.1, 0.15) is 5.82 Å². The SMILES string of the molecule is C/C=C\N=C(C)CCC.C=C(C)C(F)(F)F.CCCC/C(=C(/C)C(C)c1ccc(C)c(F)c1F)c1cc(F)ccc1CCC. The Kier molecular flexibility index (Phi) is 19.3. The summed E-state index contributed by atoms with van der Waals surface area (Å²) >= 11 is 0. The minimum absolute atomic E-state index is 0.267. The molecule has 0 radical (unpaired) electrons. The van der Waals surface area contributed by atoms with Crippen molar-refractivity contribution < 1.29 is 26.3 Å². The number of aryl methyl sites for hydroxylation is 2. The molecule has 246 valence electrons. The van der Waals surface area contributed by atoms with Gasteiger partial charge in [0.05, 0.1) is 0 Å². The van der Waals surface area contributed by atoms with Gasteiger partial charge in [-0.3, -0.25) is 4.99 Å². The molecular weight excluding hydrogens is 572 g/mol. The summed E-state index contributed by atoms with van der Waals surface area (Å²) in [5.41, 5.74) is 5.16. The molecule has 1 nitrogen and oxygen atoms in total. The predicted octanol–water partition coefficient (Wildman–Crippen LogP) is 13.0. The highest BCUT2D eigenvalue weighted by atomic mass is 19.4. The molecular formula is C37H51F6N. The van der Waals surface area contributed by atoms with E-state index in [0.717, 1.165) is 67.7 Å². The second kappa shape index (κ2) is 20.8. The number of hydrogen-bond acceptors (Lipinski definition) is 1. The Hall–Kier alpha value is -3.09. The molecule has 7 heteroatoms. The summed E-state index contributed by atoms with van der Waals surface area (Å²) in [6.45, 7) is 19.5. The molecule has 0 saturated carbocycles. The number of hydrogen-bond donors (Lipinski definition) is 0. The Labute approximate surface area is 261 Å². The maximum Gasteiger partial charge on any atom is 0.411 e. The Bertz CT molecular complexity index is 1270. The lowest BCUT2D eigenvalue weighted by atomic mass is 9.83. The zero-order valence-corrected chi connectivity index (χ0v) is 28.0. The quantitative estimate of drug-likeness (QED) is 0.134. The molecule has 2 aromatic rings. The number of halogens is 6. The first-order chi connectivity index (χ1) is 20.6. The molecule has 2 aromatic carbocycles. The minimum Gasteiger partial charge on any atom is -0.266 e. The van der Waals surface area contributed by atoms with E-state index >= 15 is 0 Å². The lowest BCUT2D eigenvalue weighted by Crippen LogP contribution is -2.06. The molecule has 0 amide bonds. The molecule has 0 aliphatic rings. The summed E-state index contributed by atoms with van der Waals surface area (Å²) in [6, 6.07) is 8.23. The Balaban J connectivity index is 0.000000947. The molecule has 0 aliphatic heterocycles. The fourth-order valence-electron chi connectivity index (χ4n) is 4.33. The number of rotatable bonds is 11. The van der Waals surface area contributed by atoms with Crippen molar-refractivity contribution in [3.05, 3.63) is 100 Å². The predicted molar refractivity (Wildman–Crippen MR) is 176 cm³/mol. The zero-order chi connectivity index (χ0) is 34.0. The van der Waals surface area contributed by atoms with Crippen LogP contribution in [0, 0.1) is 24.4 Å². The molecule has 1 unspecified atom stereocenters. The average Bonchev–Trinajstić information content (AvgIpc) is 2.96. The summed E-state index contributed by atoms with van der Waals surface area (Å²) in [5, 5.41) is 0. The minimum atomic E-state index is -4.19. The number of unbranched alkanes of at least 4 members (excludes halogenated alkanes) is 1. The van der Waals surface area contributed by atoms with Gasteiger partial charge in [0, 0.05) is 23.4 Å². The monoisotopic (exact) mass is 623 g/mol. The normalized spacial score (nSPS) is 13.0. The third-order valence-corrected chi connectivity index (χ3v) is 7.13.